The molecule has 0 fully saturated rings. The van der Waals surface area contributed by atoms with E-state index in [1.165, 1.54) is 24.3 Å². The largest absolute Gasteiger partial charge is 0.366 e. The van der Waals surface area contributed by atoms with Crippen LogP contribution < -0.4 is 16.0 Å². The van der Waals surface area contributed by atoms with Gasteiger partial charge in [-0.1, -0.05) is 41.9 Å². The van der Waals surface area contributed by atoms with E-state index >= 15 is 0 Å². The Bertz CT molecular complexity index is 1560. The molecule has 0 atom stereocenters. The Hall–Kier alpha value is -3.95. The molecule has 2 amide bonds. The lowest BCUT2D eigenvalue weighted by molar-refractivity contribution is 0.262. The number of nitrogens with zero attached hydrogens (tertiary/aromatic N) is 3. The van der Waals surface area contributed by atoms with Crippen LogP contribution in [0.4, 0.5) is 26.4 Å². The Morgan fingerprint density at radius 1 is 0.972 bits per heavy atom. The predicted molar refractivity (Wildman–Crippen MR) is 144 cm³/mol. The highest BCUT2D eigenvalue weighted by atomic mass is 79.9. The van der Waals surface area contributed by atoms with E-state index in [9.17, 15) is 9.18 Å². The summed E-state index contributed by atoms with van der Waals surface area (Å²) in [6, 6.07) is 22.0. The van der Waals surface area contributed by atoms with Crippen LogP contribution in [0.3, 0.4) is 0 Å². The normalized spacial score (nSPS) is 10.9. The highest BCUT2D eigenvalue weighted by Gasteiger charge is 2.13. The maximum Gasteiger partial charge on any atom is 0.323 e. The van der Waals surface area contributed by atoms with E-state index in [-0.39, 0.29) is 5.82 Å². The fraction of sp³-hybridized carbons (Fsp3) is 0.0385. The minimum absolute atomic E-state index is 0.367. The fourth-order valence-electron chi connectivity index (χ4n) is 3.65. The number of benzene rings is 3. The van der Waals surface area contributed by atoms with Crippen molar-refractivity contribution in [1.29, 1.82) is 0 Å². The molecule has 0 aliphatic heterocycles. The van der Waals surface area contributed by atoms with Crippen LogP contribution in [0.25, 0.3) is 16.9 Å². The summed E-state index contributed by atoms with van der Waals surface area (Å²) >= 11 is 9.93. The Balaban J connectivity index is 1.33. The number of carbonyl (C=O) groups excluding carboxylic acids is 1. The van der Waals surface area contributed by atoms with Gasteiger partial charge in [-0.15, -0.1) is 0 Å². The van der Waals surface area contributed by atoms with Gasteiger partial charge in [-0.25, -0.2) is 14.2 Å². The zero-order chi connectivity index (χ0) is 25.1. The number of anilines is 3. The van der Waals surface area contributed by atoms with E-state index in [2.05, 4.69) is 37.0 Å². The maximum absolute atomic E-state index is 13.1. The van der Waals surface area contributed by atoms with Crippen LogP contribution in [0.2, 0.25) is 5.02 Å². The standard InChI is InChI=1S/C26H19BrClFN6O/c27-21-15-31-35-24(13-23(34-25(21)35)20-6-1-2-7-22(20)28)30-14-16-4-3-5-19(12-16)33-26(36)32-18-10-8-17(29)9-11-18/h1-13,15,30H,14H2,(H2,32,33,36). The molecule has 2 heterocycles. The zero-order valence-corrected chi connectivity index (χ0v) is 21.0. The molecule has 0 aliphatic carbocycles. The van der Waals surface area contributed by atoms with Gasteiger partial charge < -0.3 is 16.0 Å². The molecule has 36 heavy (non-hydrogen) atoms. The maximum atomic E-state index is 13.1. The van der Waals surface area contributed by atoms with Gasteiger partial charge in [-0.3, -0.25) is 0 Å². The van der Waals surface area contributed by atoms with Gasteiger partial charge in [0.25, 0.3) is 0 Å². The third-order valence-electron chi connectivity index (χ3n) is 5.34. The molecule has 3 N–H and O–H groups in total. The Kier molecular flexibility index (Phi) is 6.84. The molecular weight excluding hydrogens is 547 g/mol. The van der Waals surface area contributed by atoms with Crippen molar-refractivity contribution in [1.82, 2.24) is 14.6 Å². The van der Waals surface area contributed by atoms with Gasteiger partial charge in [-0.2, -0.15) is 9.61 Å². The predicted octanol–water partition coefficient (Wildman–Crippen LogP) is 7.21. The number of urea groups is 1. The van der Waals surface area contributed by atoms with Crippen molar-refractivity contribution < 1.29 is 9.18 Å². The second-order valence-corrected chi connectivity index (χ2v) is 9.14. The molecular formula is C26H19BrClFN6O. The van der Waals surface area contributed by atoms with Crippen LogP contribution in [0, 0.1) is 5.82 Å². The van der Waals surface area contributed by atoms with Gasteiger partial charge in [-0.05, 0) is 64.0 Å². The van der Waals surface area contributed by atoms with Gasteiger partial charge >= 0.3 is 6.03 Å². The molecule has 7 nitrogen and oxygen atoms in total. The molecule has 3 aromatic carbocycles. The Labute approximate surface area is 219 Å². The Morgan fingerprint density at radius 3 is 2.56 bits per heavy atom. The average Bonchev–Trinajstić information content (AvgIpc) is 3.25. The minimum Gasteiger partial charge on any atom is -0.366 e. The summed E-state index contributed by atoms with van der Waals surface area (Å²) in [5, 5.41) is 13.9. The topological polar surface area (TPSA) is 83.4 Å². The number of aromatic nitrogens is 3. The number of amides is 2. The monoisotopic (exact) mass is 564 g/mol. The lowest BCUT2D eigenvalue weighted by Gasteiger charge is -2.13. The quantitative estimate of drug-likeness (QED) is 0.203. The smallest absolute Gasteiger partial charge is 0.323 e. The van der Waals surface area contributed by atoms with Gasteiger partial charge in [0.2, 0.25) is 0 Å². The van der Waals surface area contributed by atoms with Gasteiger partial charge in [0.15, 0.2) is 5.65 Å². The number of halogens is 3. The van der Waals surface area contributed by atoms with Crippen molar-refractivity contribution in [3.63, 3.8) is 0 Å². The fourth-order valence-corrected chi connectivity index (χ4v) is 4.23. The molecule has 0 unspecified atom stereocenters. The number of hydrogen-bond donors (Lipinski definition) is 3. The summed E-state index contributed by atoms with van der Waals surface area (Å²) in [7, 11) is 0. The first-order chi connectivity index (χ1) is 17.5. The van der Waals surface area contributed by atoms with E-state index in [0.29, 0.717) is 34.3 Å². The molecule has 180 valence electrons. The van der Waals surface area contributed by atoms with E-state index in [4.69, 9.17) is 16.6 Å². The first-order valence-corrected chi connectivity index (χ1v) is 12.1. The summed E-state index contributed by atoms with van der Waals surface area (Å²) in [6.07, 6.45) is 1.69. The highest BCUT2D eigenvalue weighted by Crippen LogP contribution is 2.30. The first kappa shape index (κ1) is 23.8. The van der Waals surface area contributed by atoms with E-state index in [0.717, 1.165) is 21.4 Å². The minimum atomic E-state index is -0.423. The third kappa shape index (κ3) is 5.32. The van der Waals surface area contributed by atoms with Crippen LogP contribution in [0.15, 0.2) is 89.5 Å². The molecule has 0 radical (unpaired) electrons. The van der Waals surface area contributed by atoms with Crippen molar-refractivity contribution in [2.24, 2.45) is 0 Å². The van der Waals surface area contributed by atoms with Crippen molar-refractivity contribution >= 4 is 56.4 Å². The summed E-state index contributed by atoms with van der Waals surface area (Å²) in [5.74, 6) is 0.363. The van der Waals surface area contributed by atoms with Crippen LogP contribution in [0.5, 0.6) is 0 Å². The summed E-state index contributed by atoms with van der Waals surface area (Å²) in [4.78, 5) is 17.1. The molecule has 5 aromatic rings. The summed E-state index contributed by atoms with van der Waals surface area (Å²) in [6.45, 7) is 0.466. The van der Waals surface area contributed by atoms with Crippen molar-refractivity contribution in [3.8, 4) is 11.3 Å². The highest BCUT2D eigenvalue weighted by molar-refractivity contribution is 9.10. The van der Waals surface area contributed by atoms with Crippen LogP contribution in [-0.4, -0.2) is 20.6 Å². The molecule has 0 saturated heterocycles. The van der Waals surface area contributed by atoms with Gasteiger partial charge in [0, 0.05) is 34.6 Å². The van der Waals surface area contributed by atoms with Crippen LogP contribution in [0.1, 0.15) is 5.56 Å². The Morgan fingerprint density at radius 2 is 1.75 bits per heavy atom. The summed E-state index contributed by atoms with van der Waals surface area (Å²) < 4.78 is 15.5. The van der Waals surface area contributed by atoms with Crippen molar-refractivity contribution in [2.75, 3.05) is 16.0 Å². The second kappa shape index (κ2) is 10.3. The number of nitrogens with one attached hydrogen (secondary N) is 3. The third-order valence-corrected chi connectivity index (χ3v) is 6.23. The summed E-state index contributed by atoms with van der Waals surface area (Å²) in [5.41, 5.74) is 4.23. The average molecular weight is 566 g/mol. The molecule has 5 rings (SSSR count). The molecule has 0 bridgehead atoms. The molecule has 0 aliphatic rings. The van der Waals surface area contributed by atoms with Gasteiger partial charge in [0.1, 0.15) is 11.6 Å². The van der Waals surface area contributed by atoms with Crippen molar-refractivity contribution in [3.05, 3.63) is 106 Å². The zero-order valence-electron chi connectivity index (χ0n) is 18.7. The lowest BCUT2D eigenvalue weighted by Crippen LogP contribution is -2.19. The SMILES string of the molecule is O=C(Nc1ccc(F)cc1)Nc1cccc(CNc2cc(-c3ccccc3Cl)nc3c(Br)cnn23)c1. The molecule has 2 aromatic heterocycles. The van der Waals surface area contributed by atoms with E-state index in [1.807, 2.05) is 48.5 Å². The van der Waals surface area contributed by atoms with Crippen molar-refractivity contribution in [2.45, 2.75) is 6.54 Å². The number of fused-ring (bicyclic) bond motifs is 1. The van der Waals surface area contributed by atoms with Crippen LogP contribution in [-0.2, 0) is 6.54 Å². The van der Waals surface area contributed by atoms with Crippen LogP contribution >= 0.6 is 27.5 Å². The molecule has 10 heteroatoms. The van der Waals surface area contributed by atoms with E-state index in [1.54, 1.807) is 16.8 Å². The second-order valence-electron chi connectivity index (χ2n) is 7.87. The number of carbonyl (C=O) groups is 1. The number of hydrogen-bond acceptors (Lipinski definition) is 4. The van der Waals surface area contributed by atoms with E-state index < -0.39 is 6.03 Å². The molecule has 0 spiro atoms. The first-order valence-electron chi connectivity index (χ1n) is 10.9. The lowest BCUT2D eigenvalue weighted by atomic mass is 10.1. The van der Waals surface area contributed by atoms with Gasteiger partial charge in [0.05, 0.1) is 16.4 Å². The molecule has 0 saturated carbocycles. The number of rotatable bonds is 6.